The second-order valence-electron chi connectivity index (χ2n) is 4.53. The van der Waals surface area contributed by atoms with Crippen molar-refractivity contribution in [1.29, 1.82) is 0 Å². The molecule has 0 radical (unpaired) electrons. The Balaban J connectivity index is 2.20. The van der Waals surface area contributed by atoms with E-state index in [2.05, 4.69) is 47.1 Å². The van der Waals surface area contributed by atoms with Crippen molar-refractivity contribution in [2.45, 2.75) is 19.3 Å². The van der Waals surface area contributed by atoms with E-state index in [0.29, 0.717) is 5.92 Å². The van der Waals surface area contributed by atoms with Crippen LogP contribution in [0.15, 0.2) is 48.5 Å². The third kappa shape index (κ3) is 3.20. The van der Waals surface area contributed by atoms with Gasteiger partial charge in [-0.05, 0) is 48.1 Å². The molecule has 2 heteroatoms. The molecule has 0 bridgehead atoms. The second-order valence-corrected chi connectivity index (χ2v) is 5.18. The van der Waals surface area contributed by atoms with Crippen LogP contribution in [-0.4, -0.2) is 5.33 Å². The molecule has 0 amide bonds. The van der Waals surface area contributed by atoms with E-state index in [-0.39, 0.29) is 5.82 Å². The lowest BCUT2D eigenvalue weighted by atomic mass is 9.92. The second kappa shape index (κ2) is 6.14. The van der Waals surface area contributed by atoms with Crippen molar-refractivity contribution < 1.29 is 4.39 Å². The predicted molar refractivity (Wildman–Crippen MR) is 77.8 cm³/mol. The Bertz CT molecular complexity index is 505. The van der Waals surface area contributed by atoms with E-state index in [1.165, 1.54) is 28.8 Å². The quantitative estimate of drug-likeness (QED) is 0.708. The molecule has 0 spiro atoms. The number of hydrogen-bond acceptors (Lipinski definition) is 0. The fourth-order valence-electron chi connectivity index (χ4n) is 2.10. The van der Waals surface area contributed by atoms with Crippen molar-refractivity contribution in [1.82, 2.24) is 0 Å². The number of benzene rings is 2. The van der Waals surface area contributed by atoms with Gasteiger partial charge in [-0.3, -0.25) is 0 Å². The smallest absolute Gasteiger partial charge is 0.123 e. The van der Waals surface area contributed by atoms with Crippen LogP contribution in [0, 0.1) is 12.7 Å². The minimum atomic E-state index is -0.178. The normalized spacial score (nSPS) is 12.4. The lowest BCUT2D eigenvalue weighted by Crippen LogP contribution is -2.05. The average molecular weight is 307 g/mol. The van der Waals surface area contributed by atoms with Gasteiger partial charge in [-0.1, -0.05) is 52.3 Å². The van der Waals surface area contributed by atoms with Crippen LogP contribution >= 0.6 is 15.9 Å². The van der Waals surface area contributed by atoms with Crippen molar-refractivity contribution in [3.8, 4) is 0 Å². The summed E-state index contributed by atoms with van der Waals surface area (Å²) < 4.78 is 12.9. The maximum Gasteiger partial charge on any atom is 0.123 e. The van der Waals surface area contributed by atoms with Crippen LogP contribution in [0.4, 0.5) is 4.39 Å². The van der Waals surface area contributed by atoms with E-state index in [0.717, 1.165) is 11.8 Å². The first-order chi connectivity index (χ1) is 8.70. The summed E-state index contributed by atoms with van der Waals surface area (Å²) in [7, 11) is 0. The molecule has 1 atom stereocenters. The van der Waals surface area contributed by atoms with Gasteiger partial charge in [0.1, 0.15) is 5.82 Å². The highest BCUT2D eigenvalue weighted by Crippen LogP contribution is 2.24. The maximum atomic E-state index is 12.9. The van der Waals surface area contributed by atoms with Crippen molar-refractivity contribution in [3.05, 3.63) is 71.0 Å². The Morgan fingerprint density at radius 2 is 1.72 bits per heavy atom. The molecule has 0 fully saturated rings. The van der Waals surface area contributed by atoms with E-state index < -0.39 is 0 Å². The highest BCUT2D eigenvalue weighted by Gasteiger charge is 2.12. The summed E-state index contributed by atoms with van der Waals surface area (Å²) in [6.07, 6.45) is 0.976. The van der Waals surface area contributed by atoms with Gasteiger partial charge in [-0.15, -0.1) is 0 Å². The van der Waals surface area contributed by atoms with Crippen LogP contribution in [0.1, 0.15) is 22.6 Å². The van der Waals surface area contributed by atoms with Gasteiger partial charge < -0.3 is 0 Å². The third-order valence-electron chi connectivity index (χ3n) is 3.26. The molecule has 0 saturated heterocycles. The summed E-state index contributed by atoms with van der Waals surface area (Å²) >= 11 is 3.56. The minimum absolute atomic E-state index is 0.178. The van der Waals surface area contributed by atoms with Gasteiger partial charge >= 0.3 is 0 Å². The molecule has 94 valence electrons. The number of alkyl halides is 1. The number of aryl methyl sites for hydroxylation is 1. The molecule has 0 saturated carbocycles. The zero-order valence-corrected chi connectivity index (χ0v) is 12.0. The van der Waals surface area contributed by atoms with Crippen molar-refractivity contribution in [3.63, 3.8) is 0 Å². The SMILES string of the molecule is Cc1ccccc1CC(CBr)c1ccc(F)cc1. The number of halogens is 2. The van der Waals surface area contributed by atoms with E-state index >= 15 is 0 Å². The summed E-state index contributed by atoms with van der Waals surface area (Å²) in [4.78, 5) is 0. The van der Waals surface area contributed by atoms with E-state index in [9.17, 15) is 4.39 Å². The Morgan fingerprint density at radius 1 is 1.06 bits per heavy atom. The molecule has 0 aromatic heterocycles. The highest BCUT2D eigenvalue weighted by molar-refractivity contribution is 9.09. The summed E-state index contributed by atoms with van der Waals surface area (Å²) in [5.74, 6) is 0.203. The van der Waals surface area contributed by atoms with Crippen molar-refractivity contribution >= 4 is 15.9 Å². The first kappa shape index (κ1) is 13.3. The van der Waals surface area contributed by atoms with E-state index in [1.807, 2.05) is 12.1 Å². The topological polar surface area (TPSA) is 0 Å². The third-order valence-corrected chi connectivity index (χ3v) is 4.04. The Kier molecular flexibility index (Phi) is 4.54. The minimum Gasteiger partial charge on any atom is -0.207 e. The summed E-state index contributed by atoms with van der Waals surface area (Å²) in [6.45, 7) is 2.13. The lowest BCUT2D eigenvalue weighted by molar-refractivity contribution is 0.625. The highest BCUT2D eigenvalue weighted by atomic mass is 79.9. The molecule has 2 aromatic rings. The maximum absolute atomic E-state index is 12.9. The molecule has 18 heavy (non-hydrogen) atoms. The fraction of sp³-hybridized carbons (Fsp3) is 0.250. The van der Waals surface area contributed by atoms with Gasteiger partial charge in [0.05, 0.1) is 0 Å². The van der Waals surface area contributed by atoms with Gasteiger partial charge in [-0.25, -0.2) is 4.39 Å². The van der Waals surface area contributed by atoms with Crippen molar-refractivity contribution in [2.75, 3.05) is 5.33 Å². The first-order valence-corrected chi connectivity index (χ1v) is 7.19. The molecular formula is C16H16BrF. The molecule has 1 unspecified atom stereocenters. The lowest BCUT2D eigenvalue weighted by Gasteiger charge is -2.16. The van der Waals surface area contributed by atoms with E-state index in [4.69, 9.17) is 0 Å². The Hall–Kier alpha value is -1.15. The van der Waals surface area contributed by atoms with Gasteiger partial charge in [0.25, 0.3) is 0 Å². The van der Waals surface area contributed by atoms with Gasteiger partial charge in [0.15, 0.2) is 0 Å². The van der Waals surface area contributed by atoms with Crippen LogP contribution in [-0.2, 0) is 6.42 Å². The summed E-state index contributed by atoms with van der Waals surface area (Å²) in [6, 6.07) is 15.2. The molecular weight excluding hydrogens is 291 g/mol. The van der Waals surface area contributed by atoms with Crippen LogP contribution in [0.5, 0.6) is 0 Å². The van der Waals surface area contributed by atoms with Crippen LogP contribution in [0.2, 0.25) is 0 Å². The van der Waals surface area contributed by atoms with Crippen LogP contribution in [0.25, 0.3) is 0 Å². The molecule has 0 N–H and O–H groups in total. The number of hydrogen-bond donors (Lipinski definition) is 0. The Labute approximate surface area is 116 Å². The van der Waals surface area contributed by atoms with Crippen molar-refractivity contribution in [2.24, 2.45) is 0 Å². The van der Waals surface area contributed by atoms with Crippen LogP contribution < -0.4 is 0 Å². The van der Waals surface area contributed by atoms with Gasteiger partial charge in [0.2, 0.25) is 0 Å². The Morgan fingerprint density at radius 3 is 2.33 bits per heavy atom. The monoisotopic (exact) mass is 306 g/mol. The molecule has 0 aliphatic carbocycles. The first-order valence-electron chi connectivity index (χ1n) is 6.06. The summed E-state index contributed by atoms with van der Waals surface area (Å²) in [5, 5.41) is 0.882. The molecule has 2 rings (SSSR count). The van der Waals surface area contributed by atoms with E-state index in [1.54, 1.807) is 0 Å². The molecule has 0 aliphatic rings. The molecule has 0 heterocycles. The predicted octanol–water partition coefficient (Wildman–Crippen LogP) is 4.86. The zero-order chi connectivity index (χ0) is 13.0. The summed E-state index contributed by atoms with van der Waals surface area (Å²) in [5.41, 5.74) is 3.84. The van der Waals surface area contributed by atoms with Gasteiger partial charge in [0, 0.05) is 5.33 Å². The standard InChI is InChI=1S/C16H16BrF/c1-12-4-2-3-5-14(12)10-15(11-17)13-6-8-16(18)9-7-13/h2-9,15H,10-11H2,1H3. The van der Waals surface area contributed by atoms with Gasteiger partial charge in [-0.2, -0.15) is 0 Å². The fourth-order valence-corrected chi connectivity index (χ4v) is 2.70. The van der Waals surface area contributed by atoms with Crippen LogP contribution in [0.3, 0.4) is 0 Å². The molecule has 0 aliphatic heterocycles. The molecule has 0 nitrogen and oxygen atoms in total. The largest absolute Gasteiger partial charge is 0.207 e. The zero-order valence-electron chi connectivity index (χ0n) is 10.4. The number of rotatable bonds is 4. The average Bonchev–Trinajstić information content (AvgIpc) is 2.39. The molecule has 2 aromatic carbocycles.